The van der Waals surface area contributed by atoms with Gasteiger partial charge in [-0.25, -0.2) is 4.99 Å². The van der Waals surface area contributed by atoms with Crippen LogP contribution in [-0.4, -0.2) is 50.8 Å². The van der Waals surface area contributed by atoms with Gasteiger partial charge in [-0.3, -0.25) is 4.79 Å². The third kappa shape index (κ3) is 5.64. The van der Waals surface area contributed by atoms with Crippen LogP contribution >= 0.6 is 0 Å². The number of fused-ring (bicyclic) bond motifs is 1. The predicted octanol–water partition coefficient (Wildman–Crippen LogP) is 1.81. The molecule has 3 rings (SSSR count). The molecule has 0 bridgehead atoms. The van der Waals surface area contributed by atoms with Gasteiger partial charge in [0.2, 0.25) is 0 Å². The molecular formula is C21H26N4O3. The summed E-state index contributed by atoms with van der Waals surface area (Å²) in [6.07, 6.45) is -0.136. The van der Waals surface area contributed by atoms with E-state index in [-0.39, 0.29) is 12.0 Å². The molecule has 0 saturated carbocycles. The maximum atomic E-state index is 12.0. The number of hydrogen-bond acceptors (Lipinski definition) is 4. The number of rotatable bonds is 7. The Morgan fingerprint density at radius 2 is 1.71 bits per heavy atom. The lowest BCUT2D eigenvalue weighted by Crippen LogP contribution is -2.42. The summed E-state index contributed by atoms with van der Waals surface area (Å²) in [5.74, 6) is 2.10. The molecule has 0 radical (unpaired) electrons. The van der Waals surface area contributed by atoms with Gasteiger partial charge in [0.15, 0.2) is 23.6 Å². The number of nitrogens with zero attached hydrogens (tertiary/aromatic N) is 1. The molecule has 1 atom stereocenters. The number of ether oxygens (including phenoxy) is 2. The van der Waals surface area contributed by atoms with Crippen molar-refractivity contribution < 1.29 is 14.3 Å². The molecule has 0 aliphatic carbocycles. The van der Waals surface area contributed by atoms with Crippen LogP contribution in [0.4, 0.5) is 0 Å². The summed E-state index contributed by atoms with van der Waals surface area (Å²) in [4.78, 5) is 16.6. The van der Waals surface area contributed by atoms with Crippen molar-refractivity contribution in [1.29, 1.82) is 0 Å². The molecule has 0 saturated heterocycles. The summed E-state index contributed by atoms with van der Waals surface area (Å²) in [5, 5.41) is 9.29. The van der Waals surface area contributed by atoms with Gasteiger partial charge in [0.1, 0.15) is 6.61 Å². The fraction of sp³-hybridized carbons (Fsp3) is 0.333. The van der Waals surface area contributed by atoms with Crippen LogP contribution in [0.15, 0.2) is 59.6 Å². The van der Waals surface area contributed by atoms with Crippen LogP contribution in [0.2, 0.25) is 0 Å². The SMILES string of the molecule is CCNC(=NCC1COc2ccccc2O1)NCCNC(=O)c1ccccc1. The molecule has 1 amide bonds. The standard InChI is InChI=1S/C21H26N4O3/c1-2-22-21(24-13-12-23-20(26)16-8-4-3-5-9-16)25-14-17-15-27-18-10-6-7-11-19(18)28-17/h3-11,17H,2,12-15H2,1H3,(H,23,26)(H2,22,24,25). The van der Waals surface area contributed by atoms with E-state index >= 15 is 0 Å². The molecule has 28 heavy (non-hydrogen) atoms. The van der Waals surface area contributed by atoms with Gasteiger partial charge in [0.05, 0.1) is 6.54 Å². The number of carbonyl (C=O) groups is 1. The average Bonchev–Trinajstić information content (AvgIpc) is 2.75. The molecular weight excluding hydrogens is 356 g/mol. The van der Waals surface area contributed by atoms with Crippen LogP contribution in [0.3, 0.4) is 0 Å². The van der Waals surface area contributed by atoms with Crippen LogP contribution in [0.25, 0.3) is 0 Å². The summed E-state index contributed by atoms with van der Waals surface area (Å²) in [5.41, 5.74) is 0.651. The molecule has 0 aromatic heterocycles. The molecule has 1 heterocycles. The fourth-order valence-corrected chi connectivity index (χ4v) is 2.74. The second kappa shape index (κ2) is 10.2. The highest BCUT2D eigenvalue weighted by Gasteiger charge is 2.20. The van der Waals surface area contributed by atoms with Gasteiger partial charge in [-0.1, -0.05) is 30.3 Å². The van der Waals surface area contributed by atoms with Gasteiger partial charge in [0.25, 0.3) is 5.91 Å². The first-order chi connectivity index (χ1) is 13.8. The zero-order valence-electron chi connectivity index (χ0n) is 16.0. The highest BCUT2D eigenvalue weighted by Crippen LogP contribution is 2.30. The van der Waals surface area contributed by atoms with Crippen molar-refractivity contribution in [2.24, 2.45) is 4.99 Å². The van der Waals surface area contributed by atoms with E-state index in [9.17, 15) is 4.79 Å². The first-order valence-electron chi connectivity index (χ1n) is 9.50. The van der Waals surface area contributed by atoms with Gasteiger partial charge >= 0.3 is 0 Å². The summed E-state index contributed by atoms with van der Waals surface area (Å²) < 4.78 is 11.6. The Hall–Kier alpha value is -3.22. The monoisotopic (exact) mass is 382 g/mol. The number of carbonyl (C=O) groups excluding carboxylic acids is 1. The van der Waals surface area contributed by atoms with Gasteiger partial charge in [-0.05, 0) is 31.2 Å². The van der Waals surface area contributed by atoms with Gasteiger partial charge < -0.3 is 25.4 Å². The molecule has 3 N–H and O–H groups in total. The van der Waals surface area contributed by atoms with Crippen LogP contribution in [0.5, 0.6) is 11.5 Å². The Kier molecular flexibility index (Phi) is 7.12. The lowest BCUT2D eigenvalue weighted by molar-refractivity contribution is 0.0954. The minimum absolute atomic E-state index is 0.0873. The van der Waals surface area contributed by atoms with Gasteiger partial charge in [-0.2, -0.15) is 0 Å². The number of hydrogen-bond donors (Lipinski definition) is 3. The third-order valence-electron chi connectivity index (χ3n) is 4.10. The number of guanidine groups is 1. The van der Waals surface area contributed by atoms with Crippen molar-refractivity contribution in [3.63, 3.8) is 0 Å². The van der Waals surface area contributed by atoms with Crippen molar-refractivity contribution >= 4 is 11.9 Å². The first kappa shape index (κ1) is 19.5. The molecule has 7 heteroatoms. The van der Waals surface area contributed by atoms with E-state index in [0.29, 0.717) is 37.8 Å². The van der Waals surface area contributed by atoms with E-state index < -0.39 is 0 Å². The van der Waals surface area contributed by atoms with Crippen molar-refractivity contribution in [2.75, 3.05) is 32.8 Å². The van der Waals surface area contributed by atoms with Crippen LogP contribution in [-0.2, 0) is 0 Å². The van der Waals surface area contributed by atoms with E-state index in [4.69, 9.17) is 9.47 Å². The van der Waals surface area contributed by atoms with Crippen molar-refractivity contribution in [1.82, 2.24) is 16.0 Å². The Balaban J connectivity index is 1.43. The predicted molar refractivity (Wildman–Crippen MR) is 109 cm³/mol. The Morgan fingerprint density at radius 1 is 1.00 bits per heavy atom. The average molecular weight is 382 g/mol. The minimum atomic E-state index is -0.136. The van der Waals surface area contributed by atoms with Gasteiger partial charge in [-0.15, -0.1) is 0 Å². The molecule has 1 aliphatic heterocycles. The number of para-hydroxylation sites is 2. The number of benzene rings is 2. The zero-order chi connectivity index (χ0) is 19.6. The fourth-order valence-electron chi connectivity index (χ4n) is 2.74. The molecule has 0 spiro atoms. The molecule has 0 fully saturated rings. The normalized spacial score (nSPS) is 15.6. The smallest absolute Gasteiger partial charge is 0.251 e. The number of aliphatic imine (C=N–C) groups is 1. The van der Waals surface area contributed by atoms with E-state index in [2.05, 4.69) is 20.9 Å². The number of amides is 1. The maximum absolute atomic E-state index is 12.0. The Labute approximate surface area is 165 Å². The Morgan fingerprint density at radius 3 is 2.50 bits per heavy atom. The largest absolute Gasteiger partial charge is 0.486 e. The molecule has 2 aromatic rings. The van der Waals surface area contributed by atoms with Crippen LogP contribution in [0.1, 0.15) is 17.3 Å². The topological polar surface area (TPSA) is 84.0 Å². The first-order valence-corrected chi connectivity index (χ1v) is 9.50. The molecule has 2 aromatic carbocycles. The van der Waals surface area contributed by atoms with E-state index in [1.807, 2.05) is 49.4 Å². The van der Waals surface area contributed by atoms with E-state index in [1.165, 1.54) is 0 Å². The minimum Gasteiger partial charge on any atom is -0.486 e. The summed E-state index contributed by atoms with van der Waals surface area (Å²) in [6, 6.07) is 16.8. The quantitative estimate of drug-likeness (QED) is 0.386. The third-order valence-corrected chi connectivity index (χ3v) is 4.10. The Bertz CT molecular complexity index is 795. The zero-order valence-corrected chi connectivity index (χ0v) is 16.0. The highest BCUT2D eigenvalue weighted by molar-refractivity contribution is 5.94. The molecule has 148 valence electrons. The second-order valence-electron chi connectivity index (χ2n) is 6.27. The maximum Gasteiger partial charge on any atom is 0.251 e. The lowest BCUT2D eigenvalue weighted by atomic mass is 10.2. The highest BCUT2D eigenvalue weighted by atomic mass is 16.6. The van der Waals surface area contributed by atoms with E-state index in [1.54, 1.807) is 12.1 Å². The lowest BCUT2D eigenvalue weighted by Gasteiger charge is -2.25. The second-order valence-corrected chi connectivity index (χ2v) is 6.27. The molecule has 7 nitrogen and oxygen atoms in total. The van der Waals surface area contributed by atoms with Crippen LogP contribution in [0, 0.1) is 0 Å². The van der Waals surface area contributed by atoms with Gasteiger partial charge in [0, 0.05) is 25.2 Å². The summed E-state index contributed by atoms with van der Waals surface area (Å²) in [7, 11) is 0. The summed E-state index contributed by atoms with van der Waals surface area (Å²) in [6.45, 7) is 4.74. The molecule has 1 aliphatic rings. The summed E-state index contributed by atoms with van der Waals surface area (Å²) >= 11 is 0. The molecule has 1 unspecified atom stereocenters. The van der Waals surface area contributed by atoms with E-state index in [0.717, 1.165) is 18.0 Å². The van der Waals surface area contributed by atoms with Crippen molar-refractivity contribution in [2.45, 2.75) is 13.0 Å². The van der Waals surface area contributed by atoms with Crippen LogP contribution < -0.4 is 25.4 Å². The number of nitrogens with one attached hydrogen (secondary N) is 3. The van der Waals surface area contributed by atoms with Crippen molar-refractivity contribution in [3.05, 3.63) is 60.2 Å². The van der Waals surface area contributed by atoms with Crippen molar-refractivity contribution in [3.8, 4) is 11.5 Å².